The molecule has 1 aromatic heterocycles. The second-order valence-electron chi connectivity index (χ2n) is 7.98. The summed E-state index contributed by atoms with van der Waals surface area (Å²) < 4.78 is 33.1. The topological polar surface area (TPSA) is 94.3 Å². The third-order valence-corrected chi connectivity index (χ3v) is 6.57. The van der Waals surface area contributed by atoms with Crippen LogP contribution in [0.5, 0.6) is 11.5 Å². The van der Waals surface area contributed by atoms with Crippen molar-refractivity contribution in [3.8, 4) is 17.2 Å². The van der Waals surface area contributed by atoms with Crippen LogP contribution in [0, 0.1) is 13.8 Å². The van der Waals surface area contributed by atoms with E-state index in [1.807, 2.05) is 13.0 Å². The van der Waals surface area contributed by atoms with E-state index < -0.39 is 9.84 Å². The average molecular weight is 416 g/mol. The molecular formula is C21H25N3O4S. The third kappa shape index (κ3) is 3.72. The van der Waals surface area contributed by atoms with Crippen molar-refractivity contribution in [1.29, 1.82) is 0 Å². The summed E-state index contributed by atoms with van der Waals surface area (Å²) in [5, 5.41) is 17.6. The van der Waals surface area contributed by atoms with Gasteiger partial charge in [0, 0.05) is 6.07 Å². The molecule has 0 unspecified atom stereocenters. The van der Waals surface area contributed by atoms with E-state index in [1.54, 1.807) is 25.1 Å². The summed E-state index contributed by atoms with van der Waals surface area (Å²) in [7, 11) is -2.38. The lowest BCUT2D eigenvalue weighted by Gasteiger charge is -2.22. The van der Waals surface area contributed by atoms with Crippen LogP contribution in [0.4, 0.5) is 0 Å². The van der Waals surface area contributed by atoms with E-state index in [1.165, 1.54) is 23.9 Å². The molecule has 1 N–H and O–H groups in total. The number of sulfone groups is 1. The molecule has 3 rings (SSSR count). The number of phenols is 1. The molecule has 0 bridgehead atoms. The van der Waals surface area contributed by atoms with Gasteiger partial charge in [-0.25, -0.2) is 13.1 Å². The summed E-state index contributed by atoms with van der Waals surface area (Å²) in [6, 6.07) is 9.62. The van der Waals surface area contributed by atoms with E-state index in [9.17, 15) is 13.5 Å². The lowest BCUT2D eigenvalue weighted by molar-refractivity contribution is 0.408. The fourth-order valence-corrected chi connectivity index (χ4v) is 4.81. The molecule has 29 heavy (non-hydrogen) atoms. The van der Waals surface area contributed by atoms with Crippen molar-refractivity contribution in [2.24, 2.45) is 0 Å². The minimum atomic E-state index is -3.87. The Kier molecular flexibility index (Phi) is 5.17. The summed E-state index contributed by atoms with van der Waals surface area (Å²) in [5.41, 5.74) is 2.63. The monoisotopic (exact) mass is 415 g/mol. The molecule has 0 radical (unpaired) electrons. The van der Waals surface area contributed by atoms with Crippen molar-refractivity contribution >= 4 is 9.84 Å². The second-order valence-corrected chi connectivity index (χ2v) is 9.84. The van der Waals surface area contributed by atoms with Gasteiger partial charge in [0.25, 0.3) is 0 Å². The first-order chi connectivity index (χ1) is 13.5. The normalized spacial score (nSPS) is 12.2. The number of nitrogens with zero attached hydrogens (tertiary/aromatic N) is 3. The number of aromatic hydroxyl groups is 1. The number of hydrogen-bond donors (Lipinski definition) is 1. The first-order valence-corrected chi connectivity index (χ1v) is 10.6. The zero-order valence-electron chi connectivity index (χ0n) is 17.4. The van der Waals surface area contributed by atoms with Gasteiger partial charge in [-0.05, 0) is 54.7 Å². The molecule has 0 atom stereocenters. The average Bonchev–Trinajstić information content (AvgIpc) is 3.02. The highest BCUT2D eigenvalue weighted by atomic mass is 32.2. The number of methoxy groups -OCH3 is 1. The minimum Gasteiger partial charge on any atom is -0.508 e. The van der Waals surface area contributed by atoms with Crippen LogP contribution in [0.3, 0.4) is 0 Å². The molecule has 3 aromatic rings. The van der Waals surface area contributed by atoms with E-state index in [0.29, 0.717) is 17.1 Å². The second kappa shape index (κ2) is 7.18. The summed E-state index contributed by atoms with van der Waals surface area (Å²) in [4.78, 5) is 0.168. The summed E-state index contributed by atoms with van der Waals surface area (Å²) in [5.74, 6) is 0.443. The molecule has 7 nitrogen and oxygen atoms in total. The summed E-state index contributed by atoms with van der Waals surface area (Å²) in [6.45, 7) is 9.78. The Morgan fingerprint density at radius 1 is 1.07 bits per heavy atom. The number of ether oxygens (including phenoxy) is 1. The fourth-order valence-electron chi connectivity index (χ4n) is 3.39. The molecule has 2 aromatic carbocycles. The van der Waals surface area contributed by atoms with Crippen LogP contribution >= 0.6 is 0 Å². The largest absolute Gasteiger partial charge is 0.508 e. The molecule has 0 spiro atoms. The molecule has 1 heterocycles. The maximum atomic E-state index is 13.2. The quantitative estimate of drug-likeness (QED) is 0.698. The predicted molar refractivity (Wildman–Crippen MR) is 110 cm³/mol. The summed E-state index contributed by atoms with van der Waals surface area (Å²) >= 11 is 0. The van der Waals surface area contributed by atoms with Crippen molar-refractivity contribution in [2.45, 2.75) is 50.0 Å². The molecule has 0 aliphatic rings. The van der Waals surface area contributed by atoms with Crippen LogP contribution in [0.25, 0.3) is 5.69 Å². The summed E-state index contributed by atoms with van der Waals surface area (Å²) in [6.07, 6.45) is 0. The van der Waals surface area contributed by atoms with Gasteiger partial charge in [-0.15, -0.1) is 5.10 Å². The van der Waals surface area contributed by atoms with Gasteiger partial charge < -0.3 is 9.84 Å². The van der Waals surface area contributed by atoms with Gasteiger partial charge in [0.1, 0.15) is 17.2 Å². The van der Waals surface area contributed by atoms with Crippen molar-refractivity contribution in [3.63, 3.8) is 0 Å². The van der Waals surface area contributed by atoms with Crippen molar-refractivity contribution in [2.75, 3.05) is 7.11 Å². The van der Waals surface area contributed by atoms with Gasteiger partial charge in [-0.1, -0.05) is 32.1 Å². The number of rotatable bonds is 4. The standard InChI is InChI=1S/C21H25N3O4S/c1-13-11-16(8-9-17(13)21(3,4)5)29(26,27)20-14(2)24(23-22-20)18-12-15(25)7-10-19(18)28-6/h7-12,25H,1-6H3. The van der Waals surface area contributed by atoms with Gasteiger partial charge in [0.15, 0.2) is 0 Å². The predicted octanol–water partition coefficient (Wildman–Crippen LogP) is 3.73. The Morgan fingerprint density at radius 2 is 1.76 bits per heavy atom. The van der Waals surface area contributed by atoms with E-state index in [0.717, 1.165) is 11.1 Å². The van der Waals surface area contributed by atoms with Gasteiger partial charge in [-0.3, -0.25) is 0 Å². The van der Waals surface area contributed by atoms with E-state index in [4.69, 9.17) is 4.74 Å². The SMILES string of the molecule is COc1ccc(O)cc1-n1nnc(S(=O)(=O)c2ccc(C(C)(C)C)c(C)c2)c1C. The van der Waals surface area contributed by atoms with Gasteiger partial charge in [0.05, 0.1) is 17.7 Å². The molecule has 0 amide bonds. The minimum absolute atomic E-state index is 0.00787. The number of aromatic nitrogens is 3. The molecule has 0 fully saturated rings. The molecule has 0 aliphatic heterocycles. The van der Waals surface area contributed by atoms with Crippen LogP contribution in [0.15, 0.2) is 46.3 Å². The zero-order chi connectivity index (χ0) is 21.6. The Morgan fingerprint density at radius 3 is 2.34 bits per heavy atom. The number of benzene rings is 2. The third-order valence-electron chi connectivity index (χ3n) is 4.81. The van der Waals surface area contributed by atoms with Crippen molar-refractivity contribution < 1.29 is 18.3 Å². The molecule has 0 saturated carbocycles. The van der Waals surface area contributed by atoms with Crippen molar-refractivity contribution in [3.05, 3.63) is 53.2 Å². The number of aryl methyl sites for hydroxylation is 1. The highest BCUT2D eigenvalue weighted by molar-refractivity contribution is 7.91. The Balaban J connectivity index is 2.11. The fraction of sp³-hybridized carbons (Fsp3) is 0.333. The van der Waals surface area contributed by atoms with Crippen LogP contribution < -0.4 is 4.74 Å². The van der Waals surface area contributed by atoms with E-state index >= 15 is 0 Å². The van der Waals surface area contributed by atoms with E-state index in [-0.39, 0.29) is 21.1 Å². The Labute approximate surface area is 170 Å². The first-order valence-electron chi connectivity index (χ1n) is 9.12. The van der Waals surface area contributed by atoms with Crippen LogP contribution in [-0.4, -0.2) is 35.6 Å². The van der Waals surface area contributed by atoms with Crippen LogP contribution in [0.1, 0.15) is 37.6 Å². The lowest BCUT2D eigenvalue weighted by atomic mass is 9.84. The first kappa shape index (κ1) is 20.9. The van der Waals surface area contributed by atoms with Gasteiger partial charge >= 0.3 is 0 Å². The molecular weight excluding hydrogens is 390 g/mol. The number of phenolic OH excluding ortho intramolecular Hbond substituents is 1. The van der Waals surface area contributed by atoms with Crippen LogP contribution in [0.2, 0.25) is 0 Å². The van der Waals surface area contributed by atoms with Crippen molar-refractivity contribution in [1.82, 2.24) is 15.0 Å². The van der Waals surface area contributed by atoms with Gasteiger partial charge in [-0.2, -0.15) is 0 Å². The smallest absolute Gasteiger partial charge is 0.227 e. The van der Waals surface area contributed by atoms with Crippen LogP contribution in [-0.2, 0) is 15.3 Å². The zero-order valence-corrected chi connectivity index (χ0v) is 18.2. The lowest BCUT2D eigenvalue weighted by Crippen LogP contribution is -2.14. The molecule has 0 saturated heterocycles. The molecule has 0 aliphatic carbocycles. The molecule has 154 valence electrons. The molecule has 8 heteroatoms. The number of hydrogen-bond acceptors (Lipinski definition) is 6. The maximum Gasteiger partial charge on any atom is 0.227 e. The highest BCUT2D eigenvalue weighted by Gasteiger charge is 2.28. The van der Waals surface area contributed by atoms with Gasteiger partial charge in [0.2, 0.25) is 14.9 Å². The highest BCUT2D eigenvalue weighted by Crippen LogP contribution is 2.32. The maximum absolute atomic E-state index is 13.2. The van der Waals surface area contributed by atoms with E-state index in [2.05, 4.69) is 31.1 Å². The Hall–Kier alpha value is -2.87. The Bertz CT molecular complexity index is 1180.